The summed E-state index contributed by atoms with van der Waals surface area (Å²) in [6.07, 6.45) is 1.08. The van der Waals surface area contributed by atoms with Crippen LogP contribution in [0.25, 0.3) is 10.9 Å². The lowest BCUT2D eigenvalue weighted by atomic mass is 10.1. The van der Waals surface area contributed by atoms with Gasteiger partial charge in [0.05, 0.1) is 0 Å². The van der Waals surface area contributed by atoms with E-state index in [-0.39, 0.29) is 18.1 Å². The number of carboxylic acids is 1. The minimum Gasteiger partial charge on any atom is -0.477 e. The largest absolute Gasteiger partial charge is 0.477 e. The Kier molecular flexibility index (Phi) is 4.02. The summed E-state index contributed by atoms with van der Waals surface area (Å²) in [4.78, 5) is 25.4. The molecule has 0 fully saturated rings. The van der Waals surface area contributed by atoms with Gasteiger partial charge in [-0.1, -0.05) is 6.92 Å². The van der Waals surface area contributed by atoms with Gasteiger partial charge in [0.25, 0.3) is 0 Å². The Morgan fingerprint density at radius 3 is 2.80 bits per heavy atom. The van der Waals surface area contributed by atoms with Gasteiger partial charge in [-0.15, -0.1) is 0 Å². The second kappa shape index (κ2) is 5.73. The van der Waals surface area contributed by atoms with Crippen LogP contribution in [0.4, 0.5) is 4.39 Å². The standard InChI is InChI=1S/C14H15FN2O3/c1-2-3-12(18)16-7-10-9-6-8(15)4-5-11(9)17-13(10)14(19)20/h4-6,17H,2-3,7H2,1H3,(H,16,18)(H,19,20). The molecule has 0 aliphatic heterocycles. The maximum absolute atomic E-state index is 13.3. The first-order valence-corrected chi connectivity index (χ1v) is 6.33. The third-order valence-corrected chi connectivity index (χ3v) is 3.02. The van der Waals surface area contributed by atoms with Crippen molar-refractivity contribution in [1.82, 2.24) is 10.3 Å². The Morgan fingerprint density at radius 2 is 2.15 bits per heavy atom. The molecule has 0 saturated carbocycles. The van der Waals surface area contributed by atoms with E-state index < -0.39 is 11.8 Å². The Labute approximate surface area is 114 Å². The van der Waals surface area contributed by atoms with Gasteiger partial charge < -0.3 is 15.4 Å². The van der Waals surface area contributed by atoms with Gasteiger partial charge in [0.2, 0.25) is 5.91 Å². The van der Waals surface area contributed by atoms with E-state index in [1.54, 1.807) is 0 Å². The molecule has 3 N–H and O–H groups in total. The Bertz CT molecular complexity index is 664. The van der Waals surface area contributed by atoms with Crippen molar-refractivity contribution in [3.63, 3.8) is 0 Å². The zero-order chi connectivity index (χ0) is 14.7. The van der Waals surface area contributed by atoms with Gasteiger partial charge in [0, 0.05) is 29.4 Å². The molecule has 20 heavy (non-hydrogen) atoms. The van der Waals surface area contributed by atoms with Crippen LogP contribution in [0.3, 0.4) is 0 Å². The van der Waals surface area contributed by atoms with Gasteiger partial charge >= 0.3 is 5.97 Å². The smallest absolute Gasteiger partial charge is 0.352 e. The molecule has 6 heteroatoms. The number of rotatable bonds is 5. The summed E-state index contributed by atoms with van der Waals surface area (Å²) in [5.74, 6) is -1.74. The van der Waals surface area contributed by atoms with E-state index in [1.807, 2.05) is 6.92 Å². The lowest BCUT2D eigenvalue weighted by Crippen LogP contribution is -2.23. The van der Waals surface area contributed by atoms with Gasteiger partial charge in [-0.05, 0) is 24.6 Å². The van der Waals surface area contributed by atoms with Gasteiger partial charge in [0.15, 0.2) is 0 Å². The third kappa shape index (κ3) is 2.79. The van der Waals surface area contributed by atoms with E-state index in [0.717, 1.165) is 0 Å². The molecule has 0 aliphatic rings. The predicted octanol–water partition coefficient (Wildman–Crippen LogP) is 2.42. The van der Waals surface area contributed by atoms with Crippen LogP contribution in [-0.2, 0) is 11.3 Å². The summed E-state index contributed by atoms with van der Waals surface area (Å²) < 4.78 is 13.3. The van der Waals surface area contributed by atoms with E-state index in [1.165, 1.54) is 18.2 Å². The number of H-pyrrole nitrogens is 1. The SMILES string of the molecule is CCCC(=O)NCc1c(C(=O)O)[nH]c2ccc(F)cc12. The lowest BCUT2D eigenvalue weighted by molar-refractivity contribution is -0.121. The van der Waals surface area contributed by atoms with E-state index in [0.29, 0.717) is 29.3 Å². The molecule has 2 rings (SSSR count). The molecule has 1 aromatic carbocycles. The Morgan fingerprint density at radius 1 is 1.40 bits per heavy atom. The summed E-state index contributed by atoms with van der Waals surface area (Å²) in [5, 5.41) is 12.3. The molecule has 0 atom stereocenters. The minimum atomic E-state index is -1.14. The first-order chi connectivity index (χ1) is 9.52. The van der Waals surface area contributed by atoms with Crippen molar-refractivity contribution in [2.45, 2.75) is 26.3 Å². The van der Waals surface area contributed by atoms with Crippen molar-refractivity contribution in [2.24, 2.45) is 0 Å². The highest BCUT2D eigenvalue weighted by Crippen LogP contribution is 2.23. The average Bonchev–Trinajstić information content (AvgIpc) is 2.75. The number of fused-ring (bicyclic) bond motifs is 1. The number of carbonyl (C=O) groups excluding carboxylic acids is 1. The zero-order valence-corrected chi connectivity index (χ0v) is 11.0. The normalized spacial score (nSPS) is 10.7. The van der Waals surface area contributed by atoms with Crippen molar-refractivity contribution in [3.8, 4) is 0 Å². The summed E-state index contributed by atoms with van der Waals surface area (Å²) in [7, 11) is 0. The number of aromatic carboxylic acids is 1. The first-order valence-electron chi connectivity index (χ1n) is 6.33. The van der Waals surface area contributed by atoms with E-state index in [9.17, 15) is 14.0 Å². The van der Waals surface area contributed by atoms with Crippen LogP contribution in [0, 0.1) is 5.82 Å². The van der Waals surface area contributed by atoms with Crippen molar-refractivity contribution >= 4 is 22.8 Å². The number of carbonyl (C=O) groups is 2. The molecule has 0 aliphatic carbocycles. The van der Waals surface area contributed by atoms with Crippen LogP contribution in [0.1, 0.15) is 35.8 Å². The molecule has 0 unspecified atom stereocenters. The topological polar surface area (TPSA) is 82.2 Å². The molecule has 1 heterocycles. The fourth-order valence-corrected chi connectivity index (χ4v) is 2.09. The first kappa shape index (κ1) is 14.0. The van der Waals surface area contributed by atoms with Crippen molar-refractivity contribution in [1.29, 1.82) is 0 Å². The Balaban J connectivity index is 2.38. The number of amides is 1. The zero-order valence-electron chi connectivity index (χ0n) is 11.0. The number of aromatic amines is 1. The summed E-state index contributed by atoms with van der Waals surface area (Å²) in [5.41, 5.74) is 0.891. The molecule has 0 spiro atoms. The van der Waals surface area contributed by atoms with Crippen LogP contribution in [0.15, 0.2) is 18.2 Å². The molecule has 5 nitrogen and oxygen atoms in total. The molecule has 0 bridgehead atoms. The summed E-state index contributed by atoms with van der Waals surface area (Å²) in [6, 6.07) is 4.00. The van der Waals surface area contributed by atoms with Crippen molar-refractivity contribution < 1.29 is 19.1 Å². The van der Waals surface area contributed by atoms with Crippen LogP contribution >= 0.6 is 0 Å². The molecule has 106 valence electrons. The highest BCUT2D eigenvalue weighted by atomic mass is 19.1. The van der Waals surface area contributed by atoms with Crippen LogP contribution < -0.4 is 5.32 Å². The average molecular weight is 278 g/mol. The van der Waals surface area contributed by atoms with Crippen molar-refractivity contribution in [2.75, 3.05) is 0 Å². The minimum absolute atomic E-state index is 0.0256. The van der Waals surface area contributed by atoms with Gasteiger partial charge in [0.1, 0.15) is 11.5 Å². The number of carboxylic acid groups (broad SMARTS) is 1. The summed E-state index contributed by atoms with van der Waals surface area (Å²) >= 11 is 0. The monoisotopic (exact) mass is 278 g/mol. The Hall–Kier alpha value is -2.37. The van der Waals surface area contributed by atoms with E-state index >= 15 is 0 Å². The maximum atomic E-state index is 13.3. The van der Waals surface area contributed by atoms with E-state index in [4.69, 9.17) is 5.11 Å². The fourth-order valence-electron chi connectivity index (χ4n) is 2.09. The van der Waals surface area contributed by atoms with Gasteiger partial charge in [-0.2, -0.15) is 0 Å². The van der Waals surface area contributed by atoms with Crippen LogP contribution in [0.2, 0.25) is 0 Å². The lowest BCUT2D eigenvalue weighted by Gasteiger charge is -2.05. The number of benzene rings is 1. The fraction of sp³-hybridized carbons (Fsp3) is 0.286. The van der Waals surface area contributed by atoms with E-state index in [2.05, 4.69) is 10.3 Å². The van der Waals surface area contributed by atoms with Crippen molar-refractivity contribution in [3.05, 3.63) is 35.3 Å². The van der Waals surface area contributed by atoms with Gasteiger partial charge in [-0.25, -0.2) is 9.18 Å². The van der Waals surface area contributed by atoms with Crippen LogP contribution in [-0.4, -0.2) is 22.0 Å². The van der Waals surface area contributed by atoms with Gasteiger partial charge in [-0.3, -0.25) is 4.79 Å². The molecule has 2 aromatic rings. The quantitative estimate of drug-likeness (QED) is 0.785. The highest BCUT2D eigenvalue weighted by molar-refractivity contribution is 5.97. The molecular weight excluding hydrogens is 263 g/mol. The predicted molar refractivity (Wildman–Crippen MR) is 72.0 cm³/mol. The molecule has 0 radical (unpaired) electrons. The number of halogens is 1. The molecule has 0 saturated heterocycles. The van der Waals surface area contributed by atoms with Crippen LogP contribution in [0.5, 0.6) is 0 Å². The molecule has 1 aromatic heterocycles. The molecule has 1 amide bonds. The highest BCUT2D eigenvalue weighted by Gasteiger charge is 2.17. The number of nitrogens with one attached hydrogen (secondary N) is 2. The second-order valence-corrected chi connectivity index (χ2v) is 4.50. The summed E-state index contributed by atoms with van der Waals surface area (Å²) in [6.45, 7) is 1.94. The molecular formula is C14H15FN2O3. The number of aromatic nitrogens is 1. The number of hydrogen-bond acceptors (Lipinski definition) is 2. The maximum Gasteiger partial charge on any atom is 0.352 e. The second-order valence-electron chi connectivity index (χ2n) is 4.50. The third-order valence-electron chi connectivity index (χ3n) is 3.02. The number of hydrogen-bond donors (Lipinski definition) is 3.